The molecular formula is C18H24N2O4. The number of carbonyl (C=O) groups is 1. The summed E-state index contributed by atoms with van der Waals surface area (Å²) in [6.45, 7) is 2.48. The van der Waals surface area contributed by atoms with Gasteiger partial charge in [0.15, 0.2) is 11.5 Å². The van der Waals surface area contributed by atoms with Crippen LogP contribution in [0.3, 0.4) is 0 Å². The van der Waals surface area contributed by atoms with E-state index >= 15 is 0 Å². The average Bonchev–Trinajstić information content (AvgIpc) is 3.39. The van der Waals surface area contributed by atoms with Gasteiger partial charge in [-0.05, 0) is 37.0 Å². The van der Waals surface area contributed by atoms with E-state index in [9.17, 15) is 4.79 Å². The van der Waals surface area contributed by atoms with Gasteiger partial charge < -0.3 is 24.9 Å². The monoisotopic (exact) mass is 332 g/mol. The number of rotatable bonds is 9. The van der Waals surface area contributed by atoms with Crippen LogP contribution in [0.1, 0.15) is 24.8 Å². The van der Waals surface area contributed by atoms with E-state index in [2.05, 4.69) is 5.32 Å². The van der Waals surface area contributed by atoms with Crippen molar-refractivity contribution in [2.75, 3.05) is 27.4 Å². The summed E-state index contributed by atoms with van der Waals surface area (Å²) in [5.74, 6) is 1.21. The van der Waals surface area contributed by atoms with E-state index in [4.69, 9.17) is 19.6 Å². The molecule has 1 aliphatic carbocycles. The molecule has 0 aromatic heterocycles. The number of benzene rings is 1. The number of carbonyl (C=O) groups excluding carboxylic acids is 1. The second-order valence-electron chi connectivity index (χ2n) is 5.55. The Balaban J connectivity index is 2.09. The summed E-state index contributed by atoms with van der Waals surface area (Å²) >= 11 is 0. The van der Waals surface area contributed by atoms with Crippen molar-refractivity contribution in [3.8, 4) is 11.5 Å². The lowest BCUT2D eigenvalue weighted by Crippen LogP contribution is -2.08. The van der Waals surface area contributed by atoms with Crippen molar-refractivity contribution < 1.29 is 19.0 Å². The predicted octanol–water partition coefficient (Wildman–Crippen LogP) is 2.49. The fourth-order valence-electron chi connectivity index (χ4n) is 2.58. The highest BCUT2D eigenvalue weighted by Gasteiger charge is 2.45. The van der Waals surface area contributed by atoms with Crippen molar-refractivity contribution in [1.29, 1.82) is 5.41 Å². The molecule has 130 valence electrons. The first kappa shape index (κ1) is 17.8. The second kappa shape index (κ2) is 8.38. The molecule has 0 radical (unpaired) electrons. The molecule has 0 aliphatic heterocycles. The Morgan fingerprint density at radius 3 is 2.83 bits per heavy atom. The summed E-state index contributed by atoms with van der Waals surface area (Å²) in [5, 5.41) is 10.2. The summed E-state index contributed by atoms with van der Waals surface area (Å²) in [6, 6.07) is 5.71. The third kappa shape index (κ3) is 4.28. The highest BCUT2D eigenvalue weighted by molar-refractivity contribution is 5.77. The van der Waals surface area contributed by atoms with Crippen LogP contribution in [0.2, 0.25) is 0 Å². The fraction of sp³-hybridized carbons (Fsp3) is 0.444. The van der Waals surface area contributed by atoms with Gasteiger partial charge in [0.2, 0.25) is 0 Å². The molecule has 1 saturated carbocycles. The third-order valence-electron chi connectivity index (χ3n) is 3.91. The lowest BCUT2D eigenvalue weighted by molar-refractivity contribution is -0.144. The maximum Gasteiger partial charge on any atom is 0.309 e. The molecule has 6 heteroatoms. The largest absolute Gasteiger partial charge is 0.493 e. The normalized spacial score (nSPS) is 19.4. The van der Waals surface area contributed by atoms with E-state index in [1.54, 1.807) is 20.4 Å². The minimum absolute atomic E-state index is 0.0625. The first-order chi connectivity index (χ1) is 11.6. The molecule has 1 fully saturated rings. The number of hydrogen-bond donors (Lipinski definition) is 2. The van der Waals surface area contributed by atoms with Crippen LogP contribution in [0.15, 0.2) is 30.0 Å². The van der Waals surface area contributed by atoms with Crippen LogP contribution in [0, 0.1) is 11.3 Å². The van der Waals surface area contributed by atoms with Gasteiger partial charge in [0.05, 0.1) is 19.6 Å². The van der Waals surface area contributed by atoms with Crippen LogP contribution in [0.5, 0.6) is 11.5 Å². The van der Waals surface area contributed by atoms with Gasteiger partial charge >= 0.3 is 5.97 Å². The molecule has 6 nitrogen and oxygen atoms in total. The van der Waals surface area contributed by atoms with Crippen LogP contribution in [-0.4, -0.2) is 39.6 Å². The molecule has 0 heterocycles. The Morgan fingerprint density at radius 1 is 1.42 bits per heavy atom. The quantitative estimate of drug-likeness (QED) is 0.536. The van der Waals surface area contributed by atoms with Crippen LogP contribution in [0.25, 0.3) is 0 Å². The summed E-state index contributed by atoms with van der Waals surface area (Å²) < 4.78 is 16.2. The number of esters is 1. The smallest absolute Gasteiger partial charge is 0.309 e. The first-order valence-corrected chi connectivity index (χ1v) is 7.98. The molecule has 1 aliphatic rings. The maximum absolute atomic E-state index is 11.8. The highest BCUT2D eigenvalue weighted by atomic mass is 16.5. The van der Waals surface area contributed by atoms with E-state index in [-0.39, 0.29) is 24.4 Å². The van der Waals surface area contributed by atoms with Crippen molar-refractivity contribution in [3.05, 3.63) is 35.5 Å². The average molecular weight is 332 g/mol. The van der Waals surface area contributed by atoms with Crippen molar-refractivity contribution in [2.24, 2.45) is 5.92 Å². The van der Waals surface area contributed by atoms with Gasteiger partial charge in [-0.15, -0.1) is 0 Å². The second-order valence-corrected chi connectivity index (χ2v) is 5.55. The van der Waals surface area contributed by atoms with Gasteiger partial charge in [0, 0.05) is 25.0 Å². The van der Waals surface area contributed by atoms with Crippen molar-refractivity contribution in [3.63, 3.8) is 0 Å². The molecule has 0 saturated heterocycles. The van der Waals surface area contributed by atoms with Gasteiger partial charge in [-0.2, -0.15) is 0 Å². The Hall–Kier alpha value is -2.50. The number of methoxy groups -OCH3 is 1. The SMILES string of the molecule is CCOC(=O)C1CC1c1ccc(OC)c(OC/C(C=N)=C/NC)c1. The molecule has 2 N–H and O–H groups in total. The zero-order valence-corrected chi connectivity index (χ0v) is 14.3. The molecular weight excluding hydrogens is 308 g/mol. The zero-order valence-electron chi connectivity index (χ0n) is 14.3. The van der Waals surface area contributed by atoms with Gasteiger partial charge in [-0.3, -0.25) is 4.79 Å². The lowest BCUT2D eigenvalue weighted by Gasteiger charge is -2.13. The minimum atomic E-state index is -0.135. The van der Waals surface area contributed by atoms with Gasteiger partial charge in [-0.1, -0.05) is 6.07 Å². The first-order valence-electron chi connectivity index (χ1n) is 7.98. The van der Waals surface area contributed by atoms with E-state index in [1.807, 2.05) is 25.1 Å². The Kier molecular flexibility index (Phi) is 6.23. The highest BCUT2D eigenvalue weighted by Crippen LogP contribution is 2.49. The van der Waals surface area contributed by atoms with E-state index in [0.29, 0.717) is 23.7 Å². The van der Waals surface area contributed by atoms with Crippen molar-refractivity contribution in [1.82, 2.24) is 5.32 Å². The van der Waals surface area contributed by atoms with E-state index < -0.39 is 0 Å². The van der Waals surface area contributed by atoms with Crippen LogP contribution in [0.4, 0.5) is 0 Å². The molecule has 24 heavy (non-hydrogen) atoms. The Morgan fingerprint density at radius 2 is 2.21 bits per heavy atom. The Labute approximate surface area is 142 Å². The summed E-state index contributed by atoms with van der Waals surface area (Å²) in [7, 11) is 3.36. The lowest BCUT2D eigenvalue weighted by atomic mass is 10.1. The molecule has 2 rings (SSSR count). The predicted molar refractivity (Wildman–Crippen MR) is 91.9 cm³/mol. The third-order valence-corrected chi connectivity index (χ3v) is 3.91. The topological polar surface area (TPSA) is 80.6 Å². The van der Waals surface area contributed by atoms with Crippen molar-refractivity contribution >= 4 is 12.2 Å². The van der Waals surface area contributed by atoms with E-state index in [1.165, 1.54) is 6.21 Å². The Bertz CT molecular complexity index is 627. The zero-order chi connectivity index (χ0) is 17.5. The van der Waals surface area contributed by atoms with Crippen molar-refractivity contribution in [2.45, 2.75) is 19.3 Å². The van der Waals surface area contributed by atoms with Gasteiger partial charge in [0.1, 0.15) is 6.61 Å². The summed E-state index contributed by atoms with van der Waals surface area (Å²) in [5.41, 5.74) is 1.75. The number of ether oxygens (including phenoxy) is 3. The van der Waals surface area contributed by atoms with Crippen LogP contribution < -0.4 is 14.8 Å². The molecule has 0 amide bonds. The summed E-state index contributed by atoms with van der Waals surface area (Å²) in [6.07, 6.45) is 3.75. The van der Waals surface area contributed by atoms with E-state index in [0.717, 1.165) is 12.0 Å². The molecule has 2 unspecified atom stereocenters. The fourth-order valence-corrected chi connectivity index (χ4v) is 2.58. The van der Waals surface area contributed by atoms with Crippen LogP contribution in [-0.2, 0) is 9.53 Å². The molecule has 1 aromatic rings. The standard InChI is InChI=1S/C18H24N2O4/c1-4-23-18(21)15-8-14(15)13-5-6-16(22-3)17(7-13)24-11-12(9-19)10-20-2/h5-7,9-10,14-15,19-20H,4,8,11H2,1-3H3/b12-10+,19-9?. The van der Waals surface area contributed by atoms with Gasteiger partial charge in [-0.25, -0.2) is 0 Å². The minimum Gasteiger partial charge on any atom is -0.493 e. The molecule has 1 aromatic carbocycles. The maximum atomic E-state index is 11.8. The molecule has 0 spiro atoms. The summed E-state index contributed by atoms with van der Waals surface area (Å²) in [4.78, 5) is 11.8. The molecule has 0 bridgehead atoms. The van der Waals surface area contributed by atoms with Gasteiger partial charge in [0.25, 0.3) is 0 Å². The van der Waals surface area contributed by atoms with Crippen LogP contribution >= 0.6 is 0 Å². The number of hydrogen-bond acceptors (Lipinski definition) is 6. The molecule has 2 atom stereocenters. The number of nitrogens with one attached hydrogen (secondary N) is 2.